The number of benzene rings is 2. The van der Waals surface area contributed by atoms with Crippen LogP contribution in [-0.2, 0) is 19.7 Å². The molecule has 2 amide bonds. The molecule has 28 heavy (non-hydrogen) atoms. The van der Waals surface area contributed by atoms with Crippen molar-refractivity contribution in [1.82, 2.24) is 0 Å². The molecule has 0 bridgehead atoms. The molecule has 5 nitrogen and oxygen atoms in total. The average Bonchev–Trinajstić information content (AvgIpc) is 2.69. The lowest BCUT2D eigenvalue weighted by atomic mass is 9.73. The Labute approximate surface area is 174 Å². The Hall–Kier alpha value is -2.18. The number of carbonyl (C=O) groups is 2. The molecular weight excluding hydrogens is 420 g/mol. The van der Waals surface area contributed by atoms with Crippen LogP contribution in [0, 0.1) is 5.92 Å². The van der Waals surface area contributed by atoms with Gasteiger partial charge in [-0.2, -0.15) is 0 Å². The summed E-state index contributed by atoms with van der Waals surface area (Å²) in [7, 11) is 0. The topological polar surface area (TPSA) is 67.4 Å². The van der Waals surface area contributed by atoms with Crippen molar-refractivity contribution in [2.45, 2.75) is 32.1 Å². The maximum Gasteiger partial charge on any atom is 0.235 e. The van der Waals surface area contributed by atoms with E-state index in [0.29, 0.717) is 37.4 Å². The Morgan fingerprint density at radius 2 is 1.61 bits per heavy atom. The van der Waals surface area contributed by atoms with Gasteiger partial charge in [0, 0.05) is 35.0 Å². The van der Waals surface area contributed by atoms with Crippen molar-refractivity contribution in [3.8, 4) is 0 Å². The van der Waals surface area contributed by atoms with E-state index in [9.17, 15) is 9.59 Å². The maximum atomic E-state index is 13.4. The molecule has 0 radical (unpaired) electrons. The van der Waals surface area contributed by atoms with Gasteiger partial charge in [0.1, 0.15) is 0 Å². The summed E-state index contributed by atoms with van der Waals surface area (Å²) in [5.74, 6) is -0.217. The molecule has 0 aliphatic carbocycles. The smallest absolute Gasteiger partial charge is 0.235 e. The molecule has 6 heteroatoms. The Kier molecular flexibility index (Phi) is 6.52. The molecule has 0 spiro atoms. The number of halogens is 1. The molecule has 1 aliphatic heterocycles. The number of anilines is 2. The highest BCUT2D eigenvalue weighted by Gasteiger charge is 2.41. The second-order valence-electron chi connectivity index (χ2n) is 7.38. The molecule has 1 aliphatic rings. The van der Waals surface area contributed by atoms with Gasteiger partial charge >= 0.3 is 0 Å². The van der Waals surface area contributed by atoms with Gasteiger partial charge in [-0.05, 0) is 48.7 Å². The normalized spacial score (nSPS) is 15.9. The Morgan fingerprint density at radius 3 is 2.21 bits per heavy atom. The van der Waals surface area contributed by atoms with Gasteiger partial charge in [-0.25, -0.2) is 0 Å². The summed E-state index contributed by atoms with van der Waals surface area (Å²) >= 11 is 3.46. The van der Waals surface area contributed by atoms with Crippen molar-refractivity contribution in [3.63, 3.8) is 0 Å². The summed E-state index contributed by atoms with van der Waals surface area (Å²) in [6.07, 6.45) is 1.26. The minimum atomic E-state index is -0.629. The summed E-state index contributed by atoms with van der Waals surface area (Å²) < 4.78 is 6.50. The second-order valence-corrected chi connectivity index (χ2v) is 8.30. The largest absolute Gasteiger partial charge is 0.381 e. The molecule has 1 saturated heterocycles. The summed E-state index contributed by atoms with van der Waals surface area (Å²) in [5, 5.41) is 5.92. The number of hydrogen-bond donors (Lipinski definition) is 2. The van der Waals surface area contributed by atoms with Crippen LogP contribution in [0.2, 0.25) is 0 Å². The standard InChI is InChI=1S/C22H25BrN2O3/c1-15(2)20(26)24-18-4-3-5-19(14-18)25-21(27)22(10-12-28-13-11-22)16-6-8-17(23)9-7-16/h3-9,14-15H,10-13H2,1-2H3,(H,24,26)(H,25,27). The number of ether oxygens (including phenoxy) is 1. The Morgan fingerprint density at radius 1 is 1.00 bits per heavy atom. The zero-order valence-corrected chi connectivity index (χ0v) is 17.7. The van der Waals surface area contributed by atoms with Crippen LogP contribution in [0.25, 0.3) is 0 Å². The van der Waals surface area contributed by atoms with Gasteiger partial charge in [-0.1, -0.05) is 48.0 Å². The number of rotatable bonds is 5. The highest BCUT2D eigenvalue weighted by atomic mass is 79.9. The van der Waals surface area contributed by atoms with Gasteiger partial charge in [0.25, 0.3) is 0 Å². The fourth-order valence-corrected chi connectivity index (χ4v) is 3.61. The summed E-state index contributed by atoms with van der Waals surface area (Å²) in [6, 6.07) is 15.2. The predicted octanol–water partition coefficient (Wildman–Crippen LogP) is 4.73. The Bertz CT molecular complexity index is 843. The van der Waals surface area contributed by atoms with E-state index in [-0.39, 0.29) is 17.7 Å². The summed E-state index contributed by atoms with van der Waals surface area (Å²) in [5.41, 5.74) is 1.69. The quantitative estimate of drug-likeness (QED) is 0.699. The molecule has 2 N–H and O–H groups in total. The van der Waals surface area contributed by atoms with E-state index in [1.54, 1.807) is 6.07 Å². The number of amides is 2. The summed E-state index contributed by atoms with van der Waals surface area (Å²) in [6.45, 7) is 4.78. The van der Waals surface area contributed by atoms with Crippen molar-refractivity contribution >= 4 is 39.1 Å². The SMILES string of the molecule is CC(C)C(=O)Nc1cccc(NC(=O)C2(c3ccc(Br)cc3)CCOCC2)c1. The third-order valence-electron chi connectivity index (χ3n) is 5.09. The van der Waals surface area contributed by atoms with Crippen LogP contribution in [-0.4, -0.2) is 25.0 Å². The van der Waals surface area contributed by atoms with E-state index in [2.05, 4.69) is 26.6 Å². The van der Waals surface area contributed by atoms with Crippen LogP contribution >= 0.6 is 15.9 Å². The van der Waals surface area contributed by atoms with Gasteiger partial charge in [-0.15, -0.1) is 0 Å². The van der Waals surface area contributed by atoms with E-state index in [1.165, 1.54) is 0 Å². The molecule has 0 atom stereocenters. The summed E-state index contributed by atoms with van der Waals surface area (Å²) in [4.78, 5) is 25.3. The molecule has 3 rings (SSSR count). The van der Waals surface area contributed by atoms with Gasteiger partial charge in [0.05, 0.1) is 5.41 Å². The maximum absolute atomic E-state index is 13.4. The number of carbonyl (C=O) groups excluding carboxylic acids is 2. The van der Waals surface area contributed by atoms with Gasteiger partial charge in [0.2, 0.25) is 11.8 Å². The lowest BCUT2D eigenvalue weighted by molar-refractivity contribution is -0.125. The van der Waals surface area contributed by atoms with Crippen LogP contribution in [0.3, 0.4) is 0 Å². The zero-order valence-electron chi connectivity index (χ0n) is 16.1. The van der Waals surface area contributed by atoms with Crippen molar-refractivity contribution < 1.29 is 14.3 Å². The van der Waals surface area contributed by atoms with E-state index in [1.807, 2.05) is 56.3 Å². The minimum absolute atomic E-state index is 0.0505. The van der Waals surface area contributed by atoms with E-state index < -0.39 is 5.41 Å². The minimum Gasteiger partial charge on any atom is -0.381 e. The highest BCUT2D eigenvalue weighted by molar-refractivity contribution is 9.10. The fourth-order valence-electron chi connectivity index (χ4n) is 3.35. The van der Waals surface area contributed by atoms with Gasteiger partial charge in [0.15, 0.2) is 0 Å². The first kappa shape index (κ1) is 20.6. The average molecular weight is 445 g/mol. The van der Waals surface area contributed by atoms with Crippen LogP contribution in [0.15, 0.2) is 53.0 Å². The van der Waals surface area contributed by atoms with Crippen LogP contribution < -0.4 is 10.6 Å². The third kappa shape index (κ3) is 4.62. The van der Waals surface area contributed by atoms with Crippen LogP contribution in [0.5, 0.6) is 0 Å². The lowest BCUT2D eigenvalue weighted by Crippen LogP contribution is -2.44. The van der Waals surface area contributed by atoms with E-state index in [0.717, 1.165) is 10.0 Å². The molecule has 2 aromatic rings. The molecule has 0 saturated carbocycles. The van der Waals surface area contributed by atoms with Gasteiger partial charge < -0.3 is 15.4 Å². The molecule has 1 heterocycles. The number of hydrogen-bond acceptors (Lipinski definition) is 3. The molecule has 2 aromatic carbocycles. The van der Waals surface area contributed by atoms with E-state index in [4.69, 9.17) is 4.74 Å². The monoisotopic (exact) mass is 444 g/mol. The highest BCUT2D eigenvalue weighted by Crippen LogP contribution is 2.37. The molecule has 1 fully saturated rings. The van der Waals surface area contributed by atoms with Crippen LogP contribution in [0.4, 0.5) is 11.4 Å². The first-order valence-corrected chi connectivity index (χ1v) is 10.3. The molecule has 148 valence electrons. The fraction of sp³-hybridized carbons (Fsp3) is 0.364. The lowest BCUT2D eigenvalue weighted by Gasteiger charge is -2.36. The van der Waals surface area contributed by atoms with Crippen molar-refractivity contribution in [2.24, 2.45) is 5.92 Å². The van der Waals surface area contributed by atoms with Crippen molar-refractivity contribution in [1.29, 1.82) is 0 Å². The van der Waals surface area contributed by atoms with Gasteiger partial charge in [-0.3, -0.25) is 9.59 Å². The predicted molar refractivity (Wildman–Crippen MR) is 114 cm³/mol. The second kappa shape index (κ2) is 8.88. The third-order valence-corrected chi connectivity index (χ3v) is 5.62. The zero-order chi connectivity index (χ0) is 20.1. The van der Waals surface area contributed by atoms with E-state index >= 15 is 0 Å². The number of nitrogens with one attached hydrogen (secondary N) is 2. The first-order chi connectivity index (χ1) is 13.4. The molecular formula is C22H25BrN2O3. The van der Waals surface area contributed by atoms with Crippen molar-refractivity contribution in [2.75, 3.05) is 23.8 Å². The molecule has 0 aromatic heterocycles. The van der Waals surface area contributed by atoms with Crippen molar-refractivity contribution in [3.05, 3.63) is 58.6 Å². The Balaban J connectivity index is 1.83. The van der Waals surface area contributed by atoms with Crippen LogP contribution in [0.1, 0.15) is 32.3 Å². The molecule has 0 unspecified atom stereocenters. The first-order valence-electron chi connectivity index (χ1n) is 9.47.